The molecule has 2 atom stereocenters. The molecule has 1 rings (SSSR count). The zero-order valence-corrected chi connectivity index (χ0v) is 11.9. The predicted octanol–water partition coefficient (Wildman–Crippen LogP) is 2.86. The van der Waals surface area contributed by atoms with Crippen LogP contribution in [-0.4, -0.2) is 29.4 Å². The van der Waals surface area contributed by atoms with Crippen molar-refractivity contribution in [2.45, 2.75) is 39.3 Å². The van der Waals surface area contributed by atoms with Crippen LogP contribution in [0, 0.1) is 5.92 Å². The highest BCUT2D eigenvalue weighted by Gasteiger charge is 2.22. The van der Waals surface area contributed by atoms with Gasteiger partial charge in [-0.2, -0.15) is 5.06 Å². The van der Waals surface area contributed by atoms with Gasteiger partial charge in [-0.25, -0.2) is 0 Å². The molecule has 0 heterocycles. The Labute approximate surface area is 114 Å². The minimum Gasteiger partial charge on any atom is -0.469 e. The molecule has 19 heavy (non-hydrogen) atoms. The van der Waals surface area contributed by atoms with Crippen LogP contribution >= 0.6 is 0 Å². The second-order valence-electron chi connectivity index (χ2n) is 4.81. The average molecular weight is 265 g/mol. The molecular formula is C15H23NO3. The third-order valence-electron chi connectivity index (χ3n) is 3.31. The van der Waals surface area contributed by atoms with Gasteiger partial charge in [0.15, 0.2) is 0 Å². The van der Waals surface area contributed by atoms with Crippen molar-refractivity contribution in [3.63, 3.8) is 0 Å². The number of carbonyl (C=O) groups is 1. The minimum atomic E-state index is -0.230. The fraction of sp³-hybridized carbons (Fsp3) is 0.533. The van der Waals surface area contributed by atoms with Crippen molar-refractivity contribution in [3.8, 4) is 0 Å². The Kier molecular flexibility index (Phi) is 6.53. The van der Waals surface area contributed by atoms with Gasteiger partial charge in [0.05, 0.1) is 13.0 Å². The maximum absolute atomic E-state index is 11.4. The Morgan fingerprint density at radius 3 is 2.53 bits per heavy atom. The van der Waals surface area contributed by atoms with Gasteiger partial charge in [-0.15, -0.1) is 0 Å². The normalized spacial score (nSPS) is 14.2. The average Bonchev–Trinajstić information content (AvgIpc) is 2.44. The van der Waals surface area contributed by atoms with Crippen molar-refractivity contribution >= 4 is 5.97 Å². The van der Waals surface area contributed by atoms with Crippen molar-refractivity contribution in [2.24, 2.45) is 5.92 Å². The van der Waals surface area contributed by atoms with E-state index in [0.29, 0.717) is 13.0 Å². The van der Waals surface area contributed by atoms with E-state index in [-0.39, 0.29) is 17.9 Å². The second kappa shape index (κ2) is 7.92. The first kappa shape index (κ1) is 15.7. The molecule has 4 heteroatoms. The van der Waals surface area contributed by atoms with Gasteiger partial charge in [0, 0.05) is 12.6 Å². The summed E-state index contributed by atoms with van der Waals surface area (Å²) in [5, 5.41) is 11.5. The molecule has 0 aliphatic heterocycles. The molecule has 0 amide bonds. The summed E-state index contributed by atoms with van der Waals surface area (Å²) < 4.78 is 4.72. The van der Waals surface area contributed by atoms with Crippen LogP contribution in [0.15, 0.2) is 30.3 Å². The van der Waals surface area contributed by atoms with Crippen LogP contribution in [-0.2, 0) is 16.1 Å². The largest absolute Gasteiger partial charge is 0.469 e. The van der Waals surface area contributed by atoms with E-state index < -0.39 is 0 Å². The van der Waals surface area contributed by atoms with Gasteiger partial charge < -0.3 is 9.94 Å². The molecule has 0 fully saturated rings. The maximum atomic E-state index is 11.4. The molecule has 0 unspecified atom stereocenters. The maximum Gasteiger partial charge on any atom is 0.308 e. The van der Waals surface area contributed by atoms with Crippen molar-refractivity contribution in [1.29, 1.82) is 0 Å². The summed E-state index contributed by atoms with van der Waals surface area (Å²) in [4.78, 5) is 11.4. The lowest BCUT2D eigenvalue weighted by Crippen LogP contribution is -2.34. The number of benzene rings is 1. The van der Waals surface area contributed by atoms with E-state index in [1.54, 1.807) is 0 Å². The van der Waals surface area contributed by atoms with E-state index in [1.807, 2.05) is 44.2 Å². The molecule has 106 valence electrons. The number of rotatable bonds is 7. The van der Waals surface area contributed by atoms with Crippen molar-refractivity contribution in [3.05, 3.63) is 35.9 Å². The predicted molar refractivity (Wildman–Crippen MR) is 73.6 cm³/mol. The lowest BCUT2D eigenvalue weighted by atomic mass is 9.99. The highest BCUT2D eigenvalue weighted by Crippen LogP contribution is 2.17. The SMILES string of the molecule is CC[C@H](C[C@@H](C)C(=O)OC)N(O)Cc1ccccc1. The van der Waals surface area contributed by atoms with E-state index in [2.05, 4.69) is 0 Å². The molecule has 0 saturated carbocycles. The van der Waals surface area contributed by atoms with E-state index in [0.717, 1.165) is 12.0 Å². The Balaban J connectivity index is 2.56. The zero-order chi connectivity index (χ0) is 14.3. The minimum absolute atomic E-state index is 0.0469. The van der Waals surface area contributed by atoms with Gasteiger partial charge in [0.1, 0.15) is 0 Å². The van der Waals surface area contributed by atoms with E-state index in [1.165, 1.54) is 12.2 Å². The van der Waals surface area contributed by atoms with Gasteiger partial charge in [0.25, 0.3) is 0 Å². The summed E-state index contributed by atoms with van der Waals surface area (Å²) in [6, 6.07) is 9.73. The van der Waals surface area contributed by atoms with E-state index in [4.69, 9.17) is 4.74 Å². The number of hydrogen-bond donors (Lipinski definition) is 1. The smallest absolute Gasteiger partial charge is 0.308 e. The first-order valence-corrected chi connectivity index (χ1v) is 6.65. The lowest BCUT2D eigenvalue weighted by Gasteiger charge is -2.26. The van der Waals surface area contributed by atoms with Crippen LogP contribution in [0.1, 0.15) is 32.3 Å². The van der Waals surface area contributed by atoms with Crippen molar-refractivity contribution < 1.29 is 14.7 Å². The highest BCUT2D eigenvalue weighted by molar-refractivity contribution is 5.71. The van der Waals surface area contributed by atoms with Crippen LogP contribution in [0.5, 0.6) is 0 Å². The first-order valence-electron chi connectivity index (χ1n) is 6.65. The van der Waals surface area contributed by atoms with Gasteiger partial charge >= 0.3 is 5.97 Å². The monoisotopic (exact) mass is 265 g/mol. The lowest BCUT2D eigenvalue weighted by molar-refractivity contribution is -0.154. The number of nitrogens with zero attached hydrogens (tertiary/aromatic N) is 1. The first-order chi connectivity index (χ1) is 9.08. The molecule has 0 aliphatic carbocycles. The molecule has 0 spiro atoms. The quantitative estimate of drug-likeness (QED) is 0.608. The zero-order valence-electron chi connectivity index (χ0n) is 11.9. The van der Waals surface area contributed by atoms with Gasteiger partial charge in [0.2, 0.25) is 0 Å². The van der Waals surface area contributed by atoms with Crippen LogP contribution < -0.4 is 0 Å². The number of ether oxygens (including phenoxy) is 1. The summed E-state index contributed by atoms with van der Waals surface area (Å²) >= 11 is 0. The van der Waals surface area contributed by atoms with Crippen LogP contribution in [0.3, 0.4) is 0 Å². The Hall–Kier alpha value is -1.39. The summed E-state index contributed by atoms with van der Waals surface area (Å²) in [6.45, 7) is 4.29. The molecule has 1 aromatic carbocycles. The standard InChI is InChI=1S/C15H23NO3/c1-4-14(10-12(2)15(17)19-3)16(18)11-13-8-6-5-7-9-13/h5-9,12,14,18H,4,10-11H2,1-3H3/t12-,14-/m1/s1. The van der Waals surface area contributed by atoms with Crippen LogP contribution in [0.4, 0.5) is 0 Å². The number of methoxy groups -OCH3 is 1. The summed E-state index contributed by atoms with van der Waals surface area (Å²) in [5.74, 6) is -0.438. The van der Waals surface area contributed by atoms with Crippen molar-refractivity contribution in [2.75, 3.05) is 7.11 Å². The molecular weight excluding hydrogens is 242 g/mol. The fourth-order valence-corrected chi connectivity index (χ4v) is 2.10. The molecule has 0 aromatic heterocycles. The summed E-state index contributed by atoms with van der Waals surface area (Å²) in [5.41, 5.74) is 1.05. The number of hydrogen-bond acceptors (Lipinski definition) is 4. The third kappa shape index (κ3) is 5.01. The molecule has 4 nitrogen and oxygen atoms in total. The molecule has 0 saturated heterocycles. The molecule has 0 aliphatic rings. The topological polar surface area (TPSA) is 49.8 Å². The Bertz CT molecular complexity index is 380. The highest BCUT2D eigenvalue weighted by atomic mass is 16.5. The Morgan fingerprint density at radius 2 is 2.00 bits per heavy atom. The summed E-state index contributed by atoms with van der Waals surface area (Å²) in [7, 11) is 1.39. The molecule has 0 bridgehead atoms. The van der Waals surface area contributed by atoms with Gasteiger partial charge in [-0.3, -0.25) is 4.79 Å². The third-order valence-corrected chi connectivity index (χ3v) is 3.31. The number of esters is 1. The van der Waals surface area contributed by atoms with Gasteiger partial charge in [-0.05, 0) is 18.4 Å². The Morgan fingerprint density at radius 1 is 1.37 bits per heavy atom. The van der Waals surface area contributed by atoms with Gasteiger partial charge in [-0.1, -0.05) is 44.2 Å². The number of hydroxylamine groups is 2. The molecule has 0 radical (unpaired) electrons. The number of carbonyl (C=O) groups excluding carboxylic acids is 1. The van der Waals surface area contributed by atoms with Crippen LogP contribution in [0.2, 0.25) is 0 Å². The van der Waals surface area contributed by atoms with E-state index >= 15 is 0 Å². The fourth-order valence-electron chi connectivity index (χ4n) is 2.10. The van der Waals surface area contributed by atoms with Crippen molar-refractivity contribution in [1.82, 2.24) is 5.06 Å². The molecule has 1 N–H and O–H groups in total. The summed E-state index contributed by atoms with van der Waals surface area (Å²) in [6.07, 6.45) is 1.37. The molecule has 1 aromatic rings. The van der Waals surface area contributed by atoms with Crippen LogP contribution in [0.25, 0.3) is 0 Å². The second-order valence-corrected chi connectivity index (χ2v) is 4.81. The van der Waals surface area contributed by atoms with E-state index in [9.17, 15) is 10.0 Å².